The van der Waals surface area contributed by atoms with Crippen molar-refractivity contribution in [1.29, 1.82) is 0 Å². The number of amides is 2. The summed E-state index contributed by atoms with van der Waals surface area (Å²) < 4.78 is 1.01. The molecule has 0 aliphatic heterocycles. The summed E-state index contributed by atoms with van der Waals surface area (Å²) in [6.45, 7) is 2.64. The Morgan fingerprint density at radius 3 is 2.79 bits per heavy atom. The van der Waals surface area contributed by atoms with Crippen LogP contribution in [-0.4, -0.2) is 23.7 Å². The Balaban J connectivity index is 2.10. The minimum atomic E-state index is -0.798. The number of carboxylic acid groups (broad SMARTS) is 1. The number of carbonyl (C=O) groups is 2. The summed E-state index contributed by atoms with van der Waals surface area (Å²) in [5.41, 5.74) is 0. The smallest absolute Gasteiger partial charge is 0.315 e. The number of rotatable bonds is 7. The lowest BCUT2D eigenvalue weighted by atomic mass is 10.1. The maximum atomic E-state index is 11.5. The van der Waals surface area contributed by atoms with Gasteiger partial charge in [-0.15, -0.1) is 11.3 Å². The Bertz CT molecular complexity index is 436. The molecule has 1 atom stereocenters. The van der Waals surface area contributed by atoms with E-state index >= 15 is 0 Å². The number of carbonyl (C=O) groups excluding carboxylic acids is 1. The van der Waals surface area contributed by atoms with E-state index in [1.165, 1.54) is 0 Å². The Hall–Kier alpha value is -1.08. The molecule has 0 radical (unpaired) electrons. The van der Waals surface area contributed by atoms with Gasteiger partial charge in [0.2, 0.25) is 0 Å². The topological polar surface area (TPSA) is 78.4 Å². The van der Waals surface area contributed by atoms with Crippen LogP contribution >= 0.6 is 27.3 Å². The van der Waals surface area contributed by atoms with E-state index in [0.29, 0.717) is 25.9 Å². The number of carboxylic acids is 1. The van der Waals surface area contributed by atoms with E-state index in [2.05, 4.69) is 26.6 Å². The maximum absolute atomic E-state index is 11.5. The zero-order valence-corrected chi connectivity index (χ0v) is 13.0. The van der Waals surface area contributed by atoms with E-state index in [1.54, 1.807) is 18.3 Å². The fraction of sp³-hybridized carbons (Fsp3) is 0.500. The van der Waals surface area contributed by atoms with Crippen LogP contribution in [0.2, 0.25) is 0 Å². The van der Waals surface area contributed by atoms with Crippen molar-refractivity contribution in [3.05, 3.63) is 20.8 Å². The summed E-state index contributed by atoms with van der Waals surface area (Å²) in [7, 11) is 0. The third-order valence-corrected chi connectivity index (χ3v) is 4.26. The molecular weight excluding hydrogens is 332 g/mol. The van der Waals surface area contributed by atoms with Gasteiger partial charge in [-0.05, 0) is 34.8 Å². The predicted molar refractivity (Wildman–Crippen MR) is 78.3 cm³/mol. The van der Waals surface area contributed by atoms with Gasteiger partial charge < -0.3 is 15.7 Å². The molecule has 5 nitrogen and oxygen atoms in total. The van der Waals surface area contributed by atoms with Crippen LogP contribution in [0, 0.1) is 5.92 Å². The molecule has 1 heterocycles. The van der Waals surface area contributed by atoms with E-state index in [0.717, 1.165) is 9.35 Å². The fourth-order valence-corrected chi connectivity index (χ4v) is 2.80. The summed E-state index contributed by atoms with van der Waals surface area (Å²) in [5.74, 6) is -1.17. The second-order valence-electron chi connectivity index (χ2n) is 4.22. The van der Waals surface area contributed by atoms with E-state index in [4.69, 9.17) is 5.11 Å². The summed E-state index contributed by atoms with van der Waals surface area (Å²) in [4.78, 5) is 23.1. The van der Waals surface area contributed by atoms with Crippen LogP contribution in [0.5, 0.6) is 0 Å². The minimum Gasteiger partial charge on any atom is -0.481 e. The van der Waals surface area contributed by atoms with Gasteiger partial charge in [-0.25, -0.2) is 4.79 Å². The summed E-state index contributed by atoms with van der Waals surface area (Å²) in [5, 5.41) is 16.1. The molecule has 0 spiro atoms. The van der Waals surface area contributed by atoms with Crippen LogP contribution in [-0.2, 0) is 11.3 Å². The Labute approximate surface area is 124 Å². The van der Waals surface area contributed by atoms with Gasteiger partial charge in [0, 0.05) is 21.3 Å². The highest BCUT2D eigenvalue weighted by Gasteiger charge is 2.10. The molecule has 106 valence electrons. The Morgan fingerprint density at radius 2 is 2.21 bits per heavy atom. The van der Waals surface area contributed by atoms with Gasteiger partial charge >= 0.3 is 12.0 Å². The van der Waals surface area contributed by atoms with Crippen LogP contribution in [0.3, 0.4) is 0 Å². The number of aliphatic carboxylic acids is 1. The van der Waals surface area contributed by atoms with E-state index in [1.807, 2.05) is 11.4 Å². The second-order valence-corrected chi connectivity index (χ2v) is 6.13. The molecule has 1 aromatic heterocycles. The standard InChI is InChI=1S/C12H17BrN2O3S/c1-8(11(16)17)3-2-4-14-12(18)15-6-10-5-9(13)7-19-10/h5,7-8H,2-4,6H2,1H3,(H,16,17)(H2,14,15,18). The first-order valence-corrected chi connectivity index (χ1v) is 7.63. The average Bonchev–Trinajstić information content (AvgIpc) is 2.77. The minimum absolute atomic E-state index is 0.229. The third kappa shape index (κ3) is 6.58. The first kappa shape index (κ1) is 16.0. The van der Waals surface area contributed by atoms with E-state index in [9.17, 15) is 9.59 Å². The lowest BCUT2D eigenvalue weighted by Crippen LogP contribution is -2.35. The molecule has 2 amide bonds. The fourth-order valence-electron chi connectivity index (χ4n) is 1.41. The first-order chi connectivity index (χ1) is 8.99. The third-order valence-electron chi connectivity index (χ3n) is 2.57. The van der Waals surface area contributed by atoms with Crippen molar-refractivity contribution in [3.8, 4) is 0 Å². The van der Waals surface area contributed by atoms with E-state index in [-0.39, 0.29) is 11.9 Å². The highest BCUT2D eigenvalue weighted by Crippen LogP contribution is 2.19. The van der Waals surface area contributed by atoms with Crippen molar-refractivity contribution >= 4 is 39.3 Å². The quantitative estimate of drug-likeness (QED) is 0.663. The van der Waals surface area contributed by atoms with Crippen molar-refractivity contribution in [3.63, 3.8) is 0 Å². The molecular formula is C12H17BrN2O3S. The van der Waals surface area contributed by atoms with Crippen molar-refractivity contribution in [2.75, 3.05) is 6.54 Å². The van der Waals surface area contributed by atoms with Gasteiger partial charge in [0.1, 0.15) is 0 Å². The monoisotopic (exact) mass is 348 g/mol. The molecule has 0 aromatic carbocycles. The number of hydrogen-bond donors (Lipinski definition) is 3. The molecule has 0 fully saturated rings. The molecule has 19 heavy (non-hydrogen) atoms. The highest BCUT2D eigenvalue weighted by atomic mass is 79.9. The average molecular weight is 349 g/mol. The van der Waals surface area contributed by atoms with Gasteiger partial charge in [0.15, 0.2) is 0 Å². The van der Waals surface area contributed by atoms with Crippen molar-refractivity contribution in [2.45, 2.75) is 26.3 Å². The molecule has 0 bridgehead atoms. The molecule has 0 saturated carbocycles. The van der Waals surface area contributed by atoms with Gasteiger partial charge in [0.25, 0.3) is 0 Å². The molecule has 1 rings (SSSR count). The summed E-state index contributed by atoms with van der Waals surface area (Å²) in [6.07, 6.45) is 1.22. The molecule has 0 saturated heterocycles. The largest absolute Gasteiger partial charge is 0.481 e. The number of thiophene rings is 1. The van der Waals surface area contributed by atoms with Crippen molar-refractivity contribution < 1.29 is 14.7 Å². The van der Waals surface area contributed by atoms with Crippen LogP contribution in [0.25, 0.3) is 0 Å². The van der Waals surface area contributed by atoms with Gasteiger partial charge in [-0.2, -0.15) is 0 Å². The van der Waals surface area contributed by atoms with Gasteiger partial charge in [0.05, 0.1) is 12.5 Å². The highest BCUT2D eigenvalue weighted by molar-refractivity contribution is 9.10. The SMILES string of the molecule is CC(CCCNC(=O)NCc1cc(Br)cs1)C(=O)O. The van der Waals surface area contributed by atoms with Crippen LogP contribution in [0.15, 0.2) is 15.9 Å². The number of hydrogen-bond acceptors (Lipinski definition) is 3. The lowest BCUT2D eigenvalue weighted by molar-refractivity contribution is -0.141. The normalized spacial score (nSPS) is 11.9. The maximum Gasteiger partial charge on any atom is 0.315 e. The number of urea groups is 1. The Morgan fingerprint density at radius 1 is 1.47 bits per heavy atom. The zero-order chi connectivity index (χ0) is 14.3. The predicted octanol–water partition coefficient (Wildman–Crippen LogP) is 2.81. The van der Waals surface area contributed by atoms with Gasteiger partial charge in [-0.3, -0.25) is 4.79 Å². The first-order valence-electron chi connectivity index (χ1n) is 5.96. The van der Waals surface area contributed by atoms with Crippen LogP contribution in [0.4, 0.5) is 4.79 Å². The van der Waals surface area contributed by atoms with Crippen molar-refractivity contribution in [1.82, 2.24) is 10.6 Å². The number of halogens is 1. The lowest BCUT2D eigenvalue weighted by Gasteiger charge is -2.08. The van der Waals surface area contributed by atoms with E-state index < -0.39 is 5.97 Å². The van der Waals surface area contributed by atoms with Crippen LogP contribution < -0.4 is 10.6 Å². The van der Waals surface area contributed by atoms with Crippen LogP contribution in [0.1, 0.15) is 24.6 Å². The Kier molecular flexibility index (Phi) is 6.86. The molecule has 1 aromatic rings. The molecule has 0 aliphatic rings. The molecule has 7 heteroatoms. The van der Waals surface area contributed by atoms with Crippen molar-refractivity contribution in [2.24, 2.45) is 5.92 Å². The zero-order valence-electron chi connectivity index (χ0n) is 10.6. The number of nitrogens with one attached hydrogen (secondary N) is 2. The molecule has 3 N–H and O–H groups in total. The molecule has 1 unspecified atom stereocenters. The summed E-state index contributed by atoms with van der Waals surface area (Å²) in [6, 6.07) is 1.73. The molecule has 0 aliphatic carbocycles. The summed E-state index contributed by atoms with van der Waals surface area (Å²) >= 11 is 4.92. The second kappa shape index (κ2) is 8.16. The van der Waals surface area contributed by atoms with Gasteiger partial charge in [-0.1, -0.05) is 6.92 Å².